The largest absolute Gasteiger partial charge is 0.457 e. The van der Waals surface area contributed by atoms with Crippen molar-refractivity contribution in [2.45, 2.75) is 11.5 Å². The molecule has 0 bridgehead atoms. The minimum atomic E-state index is -4.03. The van der Waals surface area contributed by atoms with E-state index in [1.54, 1.807) is 24.3 Å². The molecule has 26 heavy (non-hydrogen) atoms. The average molecular weight is 395 g/mol. The van der Waals surface area contributed by atoms with Crippen LogP contribution in [-0.4, -0.2) is 33.0 Å². The van der Waals surface area contributed by atoms with Gasteiger partial charge >= 0.3 is 5.97 Å². The van der Waals surface area contributed by atoms with Crippen LogP contribution in [0, 0.1) is 11.3 Å². The van der Waals surface area contributed by atoms with Gasteiger partial charge in [0.1, 0.15) is 11.5 Å². The number of benzene rings is 2. The number of nitrogens with zero attached hydrogens (tertiary/aromatic N) is 2. The lowest BCUT2D eigenvalue weighted by Crippen LogP contribution is -2.26. The molecule has 136 valence electrons. The molecule has 0 fully saturated rings. The first-order valence-electron chi connectivity index (χ1n) is 7.29. The lowest BCUT2D eigenvalue weighted by molar-refractivity contribution is -0.0258. The highest BCUT2D eigenvalue weighted by Gasteiger charge is 2.25. The van der Waals surface area contributed by atoms with Crippen molar-refractivity contribution in [2.24, 2.45) is 0 Å². The lowest BCUT2D eigenvalue weighted by Gasteiger charge is -2.15. The van der Waals surface area contributed by atoms with Crippen LogP contribution in [0.4, 0.5) is 0 Å². The Morgan fingerprint density at radius 1 is 1.27 bits per heavy atom. The molecule has 0 spiro atoms. The molecule has 9 heteroatoms. The molecule has 2 aromatic carbocycles. The highest BCUT2D eigenvalue weighted by molar-refractivity contribution is 7.89. The highest BCUT2D eigenvalue weighted by Crippen LogP contribution is 2.26. The minimum Gasteiger partial charge on any atom is -0.457 e. The fraction of sp³-hybridized carbons (Fsp3) is 0.176. The van der Waals surface area contributed by atoms with E-state index in [9.17, 15) is 13.2 Å². The van der Waals surface area contributed by atoms with Gasteiger partial charge in [-0.2, -0.15) is 5.26 Å². The normalized spacial score (nSPS) is 11.2. The quantitative estimate of drug-likeness (QED) is 0.552. The minimum absolute atomic E-state index is 0.00640. The number of hydrogen-bond donors (Lipinski definition) is 0. The van der Waals surface area contributed by atoms with E-state index >= 15 is 0 Å². The van der Waals surface area contributed by atoms with Gasteiger partial charge in [0, 0.05) is 12.6 Å². The van der Waals surface area contributed by atoms with Gasteiger partial charge in [-0.3, -0.25) is 4.84 Å². The number of rotatable bonds is 6. The molecule has 2 rings (SSSR count). The van der Waals surface area contributed by atoms with Crippen molar-refractivity contribution in [3.05, 3.63) is 64.2 Å². The molecule has 0 aliphatic heterocycles. The van der Waals surface area contributed by atoms with Crippen LogP contribution in [-0.2, 0) is 26.2 Å². The van der Waals surface area contributed by atoms with Crippen molar-refractivity contribution in [1.29, 1.82) is 5.26 Å². The van der Waals surface area contributed by atoms with Gasteiger partial charge in [0.25, 0.3) is 10.0 Å². The van der Waals surface area contributed by atoms with Gasteiger partial charge in [-0.05, 0) is 24.3 Å². The first-order chi connectivity index (χ1) is 12.3. The van der Waals surface area contributed by atoms with Gasteiger partial charge in [0.2, 0.25) is 0 Å². The number of carbonyl (C=O) groups is 1. The predicted octanol–water partition coefficient (Wildman–Crippen LogP) is 2.75. The number of carbonyl (C=O) groups excluding carboxylic acids is 1. The lowest BCUT2D eigenvalue weighted by atomic mass is 10.1. The highest BCUT2D eigenvalue weighted by atomic mass is 35.5. The molecule has 2 aromatic rings. The maximum Gasteiger partial charge on any atom is 0.338 e. The van der Waals surface area contributed by atoms with E-state index in [0.29, 0.717) is 15.6 Å². The molecule has 0 aromatic heterocycles. The van der Waals surface area contributed by atoms with Crippen molar-refractivity contribution in [1.82, 2.24) is 4.47 Å². The van der Waals surface area contributed by atoms with Crippen molar-refractivity contribution in [2.75, 3.05) is 14.2 Å². The number of hydrogen-bond acceptors (Lipinski definition) is 6. The summed E-state index contributed by atoms with van der Waals surface area (Å²) in [4.78, 5) is 16.7. The third-order valence-corrected chi connectivity index (χ3v) is 5.70. The molecule has 0 amide bonds. The zero-order chi connectivity index (χ0) is 19.3. The van der Waals surface area contributed by atoms with Crippen LogP contribution in [0.15, 0.2) is 47.4 Å². The second-order valence-electron chi connectivity index (χ2n) is 5.09. The first kappa shape index (κ1) is 19.9. The Hall–Kier alpha value is -2.44. The van der Waals surface area contributed by atoms with Gasteiger partial charge in [-0.25, -0.2) is 13.2 Å². The Kier molecular flexibility index (Phi) is 6.34. The topological polar surface area (TPSA) is 96.7 Å². The van der Waals surface area contributed by atoms with Gasteiger partial charge in [0.15, 0.2) is 0 Å². The maximum atomic E-state index is 12.4. The summed E-state index contributed by atoms with van der Waals surface area (Å²) in [6, 6.07) is 12.5. The van der Waals surface area contributed by atoms with Gasteiger partial charge in [-0.1, -0.05) is 34.3 Å². The van der Waals surface area contributed by atoms with Gasteiger partial charge in [0.05, 0.1) is 29.3 Å². The number of sulfonamides is 1. The summed E-state index contributed by atoms with van der Waals surface area (Å²) in [7, 11) is -1.63. The molecule has 0 atom stereocenters. The SMILES string of the molecule is CON(C)S(=O)(=O)c1cc(C(=O)OCc2ccccc2C#N)ccc1Cl. The molecule has 0 N–H and O–H groups in total. The van der Waals surface area contributed by atoms with Crippen LogP contribution < -0.4 is 0 Å². The second kappa shape index (κ2) is 8.29. The zero-order valence-electron chi connectivity index (χ0n) is 14.0. The molecular formula is C17H15ClN2O5S. The molecule has 7 nitrogen and oxygen atoms in total. The third kappa shape index (κ3) is 4.20. The van der Waals surface area contributed by atoms with E-state index in [-0.39, 0.29) is 22.1 Å². The standard InChI is InChI=1S/C17H15ClN2O5S/c1-20(24-2)26(22,23)16-9-12(7-8-15(16)18)17(21)25-11-14-6-4-3-5-13(14)10-19/h3-9H,11H2,1-2H3. The van der Waals surface area contributed by atoms with Crippen LogP contribution in [0.5, 0.6) is 0 Å². The summed E-state index contributed by atoms with van der Waals surface area (Å²) in [6.45, 7) is -0.120. The van der Waals surface area contributed by atoms with E-state index in [4.69, 9.17) is 26.4 Å². The van der Waals surface area contributed by atoms with Crippen LogP contribution in [0.2, 0.25) is 5.02 Å². The number of halogens is 1. The first-order valence-corrected chi connectivity index (χ1v) is 9.10. The Morgan fingerprint density at radius 3 is 2.62 bits per heavy atom. The van der Waals surface area contributed by atoms with E-state index in [1.807, 2.05) is 6.07 Å². The van der Waals surface area contributed by atoms with Crippen molar-refractivity contribution < 1.29 is 22.8 Å². The summed E-state index contributed by atoms with van der Waals surface area (Å²) in [6.07, 6.45) is 0. The van der Waals surface area contributed by atoms with Crippen molar-refractivity contribution >= 4 is 27.6 Å². The molecular weight excluding hydrogens is 380 g/mol. The molecule has 0 saturated heterocycles. The third-order valence-electron chi connectivity index (χ3n) is 3.54. The Bertz CT molecular complexity index is 969. The van der Waals surface area contributed by atoms with E-state index in [1.165, 1.54) is 26.3 Å². The Balaban J connectivity index is 2.25. The van der Waals surface area contributed by atoms with E-state index in [0.717, 1.165) is 6.07 Å². The predicted molar refractivity (Wildman–Crippen MR) is 93.7 cm³/mol. The average Bonchev–Trinajstić information content (AvgIpc) is 2.65. The monoisotopic (exact) mass is 394 g/mol. The van der Waals surface area contributed by atoms with E-state index < -0.39 is 16.0 Å². The molecule has 0 saturated carbocycles. The number of esters is 1. The number of nitriles is 1. The summed E-state index contributed by atoms with van der Waals surface area (Å²) in [5.41, 5.74) is 0.942. The van der Waals surface area contributed by atoms with Gasteiger partial charge < -0.3 is 4.74 Å². The molecule has 0 unspecified atom stereocenters. The second-order valence-corrected chi connectivity index (χ2v) is 7.40. The van der Waals surface area contributed by atoms with Crippen molar-refractivity contribution in [3.63, 3.8) is 0 Å². The Morgan fingerprint density at radius 2 is 1.96 bits per heavy atom. The summed E-state index contributed by atoms with van der Waals surface area (Å²) in [5, 5.41) is 8.99. The smallest absolute Gasteiger partial charge is 0.338 e. The van der Waals surface area contributed by atoms with Gasteiger partial charge in [-0.15, -0.1) is 0 Å². The molecule has 0 aliphatic rings. The molecule has 0 radical (unpaired) electrons. The molecule has 0 heterocycles. The number of hydroxylamine groups is 1. The summed E-state index contributed by atoms with van der Waals surface area (Å²) < 4.78 is 30.5. The van der Waals surface area contributed by atoms with Crippen LogP contribution in [0.3, 0.4) is 0 Å². The van der Waals surface area contributed by atoms with Crippen LogP contribution >= 0.6 is 11.6 Å². The van der Waals surface area contributed by atoms with Crippen LogP contribution in [0.25, 0.3) is 0 Å². The Labute approximate surface area is 156 Å². The van der Waals surface area contributed by atoms with Crippen LogP contribution in [0.1, 0.15) is 21.5 Å². The zero-order valence-corrected chi connectivity index (χ0v) is 15.5. The summed E-state index contributed by atoms with van der Waals surface area (Å²) >= 11 is 5.95. The molecule has 0 aliphatic carbocycles. The summed E-state index contributed by atoms with van der Waals surface area (Å²) in [5.74, 6) is -0.745. The fourth-order valence-corrected chi connectivity index (χ4v) is 3.52. The fourth-order valence-electron chi connectivity index (χ4n) is 2.05. The maximum absolute atomic E-state index is 12.4. The van der Waals surface area contributed by atoms with Crippen molar-refractivity contribution in [3.8, 4) is 6.07 Å². The van der Waals surface area contributed by atoms with E-state index in [2.05, 4.69) is 0 Å². The number of ether oxygens (including phenoxy) is 1.